The van der Waals surface area contributed by atoms with Crippen LogP contribution in [-0.4, -0.2) is 68.1 Å². The van der Waals surface area contributed by atoms with Gasteiger partial charge in [-0.05, 0) is 25.3 Å². The quantitative estimate of drug-likeness (QED) is 0.600. The molecule has 3 amide bonds. The standard InChI is InChI=1S/C24H30N8O2/c1-18-15-20(32-22(28-18)26-17-27-32)30-11-13-31(14-12-30)21(33)24(9-5-6-10-24)29-23(34)25-16-19-7-3-2-4-8-19/h2-4,7-8,15,17H,5-6,9-14,16H2,1H3,(H2,25,29,34). The number of aryl methyl sites for hydroxylation is 1. The fourth-order valence-electron chi connectivity index (χ4n) is 4.99. The van der Waals surface area contributed by atoms with Gasteiger partial charge in [0.2, 0.25) is 5.91 Å². The second-order valence-corrected chi connectivity index (χ2v) is 9.09. The van der Waals surface area contributed by atoms with Crippen LogP contribution in [0.3, 0.4) is 0 Å². The van der Waals surface area contributed by atoms with E-state index in [1.54, 1.807) is 4.52 Å². The molecule has 178 valence electrons. The van der Waals surface area contributed by atoms with Crippen molar-refractivity contribution in [3.8, 4) is 0 Å². The fraction of sp³-hybridized carbons (Fsp3) is 0.458. The number of anilines is 1. The van der Waals surface area contributed by atoms with E-state index >= 15 is 0 Å². The van der Waals surface area contributed by atoms with E-state index in [4.69, 9.17) is 0 Å². The Kier molecular flexibility index (Phi) is 6.04. The van der Waals surface area contributed by atoms with Gasteiger partial charge in [0.25, 0.3) is 5.78 Å². The predicted molar refractivity (Wildman–Crippen MR) is 127 cm³/mol. The Bertz CT molecular complexity index is 1160. The summed E-state index contributed by atoms with van der Waals surface area (Å²) < 4.78 is 1.74. The number of carbonyl (C=O) groups excluding carboxylic acids is 2. The van der Waals surface area contributed by atoms with Gasteiger partial charge in [-0.1, -0.05) is 43.2 Å². The molecule has 2 aliphatic rings. The normalized spacial score (nSPS) is 17.7. The number of rotatable bonds is 5. The number of carbonyl (C=O) groups is 2. The zero-order valence-electron chi connectivity index (χ0n) is 19.4. The monoisotopic (exact) mass is 462 g/mol. The van der Waals surface area contributed by atoms with Gasteiger partial charge >= 0.3 is 6.03 Å². The van der Waals surface area contributed by atoms with Crippen LogP contribution >= 0.6 is 0 Å². The summed E-state index contributed by atoms with van der Waals surface area (Å²) in [6, 6.07) is 11.5. The number of aromatic nitrogens is 4. The van der Waals surface area contributed by atoms with E-state index in [0.717, 1.165) is 29.9 Å². The van der Waals surface area contributed by atoms with Crippen molar-refractivity contribution in [2.75, 3.05) is 31.1 Å². The zero-order valence-corrected chi connectivity index (χ0v) is 19.4. The molecule has 0 radical (unpaired) electrons. The third-order valence-corrected chi connectivity index (χ3v) is 6.77. The average Bonchev–Trinajstić information content (AvgIpc) is 3.53. The number of piperazine rings is 1. The Balaban J connectivity index is 1.23. The molecule has 10 heteroatoms. The number of hydrogen-bond acceptors (Lipinski definition) is 6. The van der Waals surface area contributed by atoms with E-state index < -0.39 is 5.54 Å². The lowest BCUT2D eigenvalue weighted by Crippen LogP contribution is -2.62. The first kappa shape index (κ1) is 22.1. The van der Waals surface area contributed by atoms with Gasteiger partial charge in [0.15, 0.2) is 0 Å². The van der Waals surface area contributed by atoms with Gasteiger partial charge in [-0.15, -0.1) is 0 Å². The Morgan fingerprint density at radius 3 is 2.53 bits per heavy atom. The van der Waals surface area contributed by atoms with E-state index in [9.17, 15) is 9.59 Å². The minimum absolute atomic E-state index is 0.0244. The highest BCUT2D eigenvalue weighted by molar-refractivity contribution is 5.91. The minimum Gasteiger partial charge on any atom is -0.353 e. The van der Waals surface area contributed by atoms with Crippen LogP contribution < -0.4 is 15.5 Å². The zero-order chi connectivity index (χ0) is 23.5. The second-order valence-electron chi connectivity index (χ2n) is 9.09. The van der Waals surface area contributed by atoms with Crippen molar-refractivity contribution in [2.45, 2.75) is 44.7 Å². The Labute approximate surface area is 198 Å². The highest BCUT2D eigenvalue weighted by Gasteiger charge is 2.45. The van der Waals surface area contributed by atoms with E-state index in [1.165, 1.54) is 6.33 Å². The molecule has 10 nitrogen and oxygen atoms in total. The summed E-state index contributed by atoms with van der Waals surface area (Å²) in [4.78, 5) is 39.1. The van der Waals surface area contributed by atoms with Crippen LogP contribution in [0.25, 0.3) is 5.78 Å². The molecule has 3 heterocycles. The third-order valence-electron chi connectivity index (χ3n) is 6.77. The van der Waals surface area contributed by atoms with E-state index in [-0.39, 0.29) is 11.9 Å². The maximum Gasteiger partial charge on any atom is 0.315 e. The number of nitrogens with one attached hydrogen (secondary N) is 2. The van der Waals surface area contributed by atoms with E-state index in [0.29, 0.717) is 51.3 Å². The molecule has 1 saturated carbocycles. The van der Waals surface area contributed by atoms with Gasteiger partial charge in [0.1, 0.15) is 17.7 Å². The minimum atomic E-state index is -0.824. The van der Waals surface area contributed by atoms with Crippen molar-refractivity contribution < 1.29 is 9.59 Å². The molecule has 0 unspecified atom stereocenters. The van der Waals surface area contributed by atoms with Crippen molar-refractivity contribution in [3.05, 3.63) is 54.0 Å². The van der Waals surface area contributed by atoms with Crippen molar-refractivity contribution >= 4 is 23.5 Å². The van der Waals surface area contributed by atoms with Crippen LogP contribution in [0.1, 0.15) is 36.9 Å². The molecule has 2 fully saturated rings. The molecule has 1 aliphatic carbocycles. The first-order valence-corrected chi connectivity index (χ1v) is 11.9. The van der Waals surface area contributed by atoms with Crippen molar-refractivity contribution in [1.29, 1.82) is 0 Å². The van der Waals surface area contributed by atoms with E-state index in [2.05, 4.69) is 30.6 Å². The van der Waals surface area contributed by atoms with Crippen LogP contribution in [0, 0.1) is 6.92 Å². The molecule has 2 N–H and O–H groups in total. The van der Waals surface area contributed by atoms with Crippen LogP contribution in [0.4, 0.5) is 10.6 Å². The van der Waals surface area contributed by atoms with Gasteiger partial charge in [0, 0.05) is 44.5 Å². The number of nitrogens with zero attached hydrogens (tertiary/aromatic N) is 6. The van der Waals surface area contributed by atoms with Gasteiger partial charge in [0.05, 0.1) is 0 Å². The lowest BCUT2D eigenvalue weighted by atomic mass is 9.95. The van der Waals surface area contributed by atoms with Crippen LogP contribution in [0.2, 0.25) is 0 Å². The lowest BCUT2D eigenvalue weighted by molar-refractivity contribution is -0.138. The highest BCUT2D eigenvalue weighted by Crippen LogP contribution is 2.32. The molecule has 1 aromatic carbocycles. The van der Waals surface area contributed by atoms with Gasteiger partial charge in [-0.2, -0.15) is 14.6 Å². The van der Waals surface area contributed by atoms with Crippen LogP contribution in [0.15, 0.2) is 42.7 Å². The third kappa shape index (κ3) is 4.40. The Hall–Kier alpha value is -3.69. The molecule has 5 rings (SSSR count). The number of benzene rings is 1. The van der Waals surface area contributed by atoms with Gasteiger partial charge < -0.3 is 20.4 Å². The number of amides is 3. The van der Waals surface area contributed by atoms with Gasteiger partial charge in [-0.3, -0.25) is 4.79 Å². The maximum atomic E-state index is 13.6. The molecular weight excluding hydrogens is 432 g/mol. The maximum absolute atomic E-state index is 13.6. The molecule has 0 atom stereocenters. The topological polar surface area (TPSA) is 108 Å². The first-order valence-electron chi connectivity index (χ1n) is 11.9. The number of hydrogen-bond donors (Lipinski definition) is 2. The van der Waals surface area contributed by atoms with Gasteiger partial charge in [-0.25, -0.2) is 9.78 Å². The summed E-state index contributed by atoms with van der Waals surface area (Å²) in [7, 11) is 0. The van der Waals surface area contributed by atoms with Crippen LogP contribution in [0.5, 0.6) is 0 Å². The summed E-state index contributed by atoms with van der Waals surface area (Å²) in [5, 5.41) is 10.3. The fourth-order valence-corrected chi connectivity index (χ4v) is 4.99. The second kappa shape index (κ2) is 9.28. The summed E-state index contributed by atoms with van der Waals surface area (Å²) >= 11 is 0. The number of urea groups is 1. The molecule has 34 heavy (non-hydrogen) atoms. The SMILES string of the molecule is Cc1cc(N2CCN(C(=O)C3(NC(=O)NCc4ccccc4)CCCC3)CC2)n2ncnc2n1. The summed E-state index contributed by atoms with van der Waals surface area (Å²) in [6.45, 7) is 4.91. The average molecular weight is 463 g/mol. The number of fused-ring (bicyclic) bond motifs is 1. The largest absolute Gasteiger partial charge is 0.353 e. The summed E-state index contributed by atoms with van der Waals surface area (Å²) in [5.74, 6) is 1.53. The molecule has 2 aromatic heterocycles. The first-order chi connectivity index (χ1) is 16.5. The molecule has 0 bridgehead atoms. The molecule has 1 saturated heterocycles. The molecule has 1 aliphatic heterocycles. The molecule has 0 spiro atoms. The lowest BCUT2D eigenvalue weighted by Gasteiger charge is -2.40. The van der Waals surface area contributed by atoms with Crippen LogP contribution in [-0.2, 0) is 11.3 Å². The van der Waals surface area contributed by atoms with E-state index in [1.807, 2.05) is 48.2 Å². The predicted octanol–water partition coefficient (Wildman–Crippen LogP) is 1.89. The Morgan fingerprint density at radius 1 is 1.06 bits per heavy atom. The van der Waals surface area contributed by atoms with Crippen molar-refractivity contribution in [3.63, 3.8) is 0 Å². The summed E-state index contributed by atoms with van der Waals surface area (Å²) in [5.41, 5.74) is 1.08. The molecule has 3 aromatic rings. The highest BCUT2D eigenvalue weighted by atomic mass is 16.2. The Morgan fingerprint density at radius 2 is 1.79 bits per heavy atom. The molecular formula is C24H30N8O2. The smallest absolute Gasteiger partial charge is 0.315 e. The van der Waals surface area contributed by atoms with Crippen molar-refractivity contribution in [1.82, 2.24) is 35.1 Å². The summed E-state index contributed by atoms with van der Waals surface area (Å²) in [6.07, 6.45) is 4.72. The van der Waals surface area contributed by atoms with Crippen molar-refractivity contribution in [2.24, 2.45) is 0 Å².